The zero-order valence-electron chi connectivity index (χ0n) is 15.9. The fraction of sp³-hybridized carbons (Fsp3) is 0.200. The van der Waals surface area contributed by atoms with Crippen molar-refractivity contribution in [2.45, 2.75) is 16.3 Å². The van der Waals surface area contributed by atoms with Gasteiger partial charge in [0.05, 0.1) is 18.4 Å². The van der Waals surface area contributed by atoms with E-state index < -0.39 is 21.6 Å². The van der Waals surface area contributed by atoms with Gasteiger partial charge in [-0.25, -0.2) is 0 Å². The van der Waals surface area contributed by atoms with E-state index in [9.17, 15) is 9.59 Å². The summed E-state index contributed by atoms with van der Waals surface area (Å²) in [7, 11) is 0. The Labute approximate surface area is 184 Å². The lowest BCUT2D eigenvalue weighted by Crippen LogP contribution is -2.57. The van der Waals surface area contributed by atoms with Gasteiger partial charge in [-0.05, 0) is 27.8 Å². The van der Waals surface area contributed by atoms with Gasteiger partial charge in [-0.3, -0.25) is 14.5 Å². The molecule has 0 saturated carbocycles. The third-order valence-electron chi connectivity index (χ3n) is 6.86. The van der Waals surface area contributed by atoms with Crippen molar-refractivity contribution in [1.82, 2.24) is 4.90 Å². The van der Waals surface area contributed by atoms with E-state index in [0.717, 1.165) is 27.8 Å². The molecule has 148 valence electrons. The summed E-state index contributed by atoms with van der Waals surface area (Å²) in [4.78, 5) is 26.5. The maximum absolute atomic E-state index is 13.7. The van der Waals surface area contributed by atoms with Crippen LogP contribution >= 0.6 is 23.2 Å². The lowest BCUT2D eigenvalue weighted by molar-refractivity contribution is -0.140. The molecule has 30 heavy (non-hydrogen) atoms. The van der Waals surface area contributed by atoms with E-state index >= 15 is 0 Å². The summed E-state index contributed by atoms with van der Waals surface area (Å²) in [6.07, 6.45) is 0. The van der Waals surface area contributed by atoms with Gasteiger partial charge in [-0.2, -0.15) is 0 Å². The molecular formula is C25H17Cl2NO2. The molecule has 3 aromatic carbocycles. The highest BCUT2D eigenvalue weighted by molar-refractivity contribution is 6.35. The standard InChI is InChI=1S/C25H17Cl2NO2/c26-24-16-10-4-5-11-17(16)25(27,19-13-7-6-12-18(19)24)21-20(24)22(29)28(23(21)30)14-15-8-2-1-3-9-15/h1-13,20-21H,14H2/t20-,21-,24?,25?/m1/s1. The second kappa shape index (κ2) is 5.96. The van der Waals surface area contributed by atoms with Crippen LogP contribution in [0.3, 0.4) is 0 Å². The Morgan fingerprint density at radius 3 is 1.40 bits per heavy atom. The van der Waals surface area contributed by atoms with Crippen molar-refractivity contribution in [3.63, 3.8) is 0 Å². The number of hydrogen-bond acceptors (Lipinski definition) is 2. The number of nitrogens with zero attached hydrogens (tertiary/aromatic N) is 1. The summed E-state index contributed by atoms with van der Waals surface area (Å²) in [5.41, 5.74) is 4.19. The van der Waals surface area contributed by atoms with Crippen molar-refractivity contribution in [3.8, 4) is 0 Å². The highest BCUT2D eigenvalue weighted by Gasteiger charge is 2.72. The van der Waals surface area contributed by atoms with E-state index in [1.165, 1.54) is 4.90 Å². The predicted octanol–water partition coefficient (Wildman–Crippen LogP) is 4.78. The topological polar surface area (TPSA) is 37.4 Å². The molecule has 0 aromatic heterocycles. The molecule has 2 bridgehead atoms. The van der Waals surface area contributed by atoms with Crippen molar-refractivity contribution in [3.05, 3.63) is 107 Å². The van der Waals surface area contributed by atoms with Crippen LogP contribution in [0.25, 0.3) is 0 Å². The minimum atomic E-state index is -1.12. The van der Waals surface area contributed by atoms with Crippen LogP contribution in [0.2, 0.25) is 0 Å². The molecule has 3 aromatic rings. The molecule has 5 heteroatoms. The molecule has 3 nitrogen and oxygen atoms in total. The second-order valence-electron chi connectivity index (χ2n) is 8.22. The fourth-order valence-corrected chi connectivity index (χ4v) is 6.74. The smallest absolute Gasteiger partial charge is 0.235 e. The fourth-order valence-electron chi connectivity index (χ4n) is 5.65. The molecule has 0 spiro atoms. The zero-order chi connectivity index (χ0) is 20.7. The molecule has 3 aliphatic carbocycles. The molecule has 1 aliphatic heterocycles. The van der Waals surface area contributed by atoms with Crippen molar-refractivity contribution in [2.75, 3.05) is 0 Å². The highest BCUT2D eigenvalue weighted by Crippen LogP contribution is 2.69. The molecule has 2 atom stereocenters. The normalized spacial score (nSPS) is 30.8. The number of benzene rings is 3. The summed E-state index contributed by atoms with van der Waals surface area (Å²) in [5.74, 6) is -1.98. The van der Waals surface area contributed by atoms with E-state index in [2.05, 4.69) is 0 Å². The number of amides is 2. The largest absolute Gasteiger partial charge is 0.277 e. The van der Waals surface area contributed by atoms with E-state index in [4.69, 9.17) is 23.2 Å². The van der Waals surface area contributed by atoms with Crippen LogP contribution in [0.15, 0.2) is 78.9 Å². The summed E-state index contributed by atoms with van der Waals surface area (Å²) in [6.45, 7) is 0.220. The van der Waals surface area contributed by atoms with Crippen molar-refractivity contribution >= 4 is 35.0 Å². The van der Waals surface area contributed by atoms with E-state index in [0.29, 0.717) is 0 Å². The number of hydrogen-bond donors (Lipinski definition) is 0. The Morgan fingerprint density at radius 1 is 0.633 bits per heavy atom. The highest BCUT2D eigenvalue weighted by atomic mass is 35.5. The van der Waals surface area contributed by atoms with Crippen LogP contribution in [-0.2, 0) is 25.9 Å². The third kappa shape index (κ3) is 1.98. The zero-order valence-corrected chi connectivity index (χ0v) is 17.4. The van der Waals surface area contributed by atoms with Crippen molar-refractivity contribution in [2.24, 2.45) is 11.8 Å². The SMILES string of the molecule is O=C1[C@H]2[C@H](C(=O)N1Cc1ccccc1)C1(Cl)c3ccccc3C2(Cl)c2ccccc21. The quantitative estimate of drug-likeness (QED) is 0.430. The number of imide groups is 1. The minimum absolute atomic E-state index is 0.220. The Balaban J connectivity index is 1.59. The monoisotopic (exact) mass is 433 g/mol. The summed E-state index contributed by atoms with van der Waals surface area (Å²) in [6, 6.07) is 24.9. The lowest BCUT2D eigenvalue weighted by Gasteiger charge is -2.54. The summed E-state index contributed by atoms with van der Waals surface area (Å²) < 4.78 is 0. The summed E-state index contributed by atoms with van der Waals surface area (Å²) in [5, 5.41) is 0. The van der Waals surface area contributed by atoms with Gasteiger partial charge in [0.25, 0.3) is 0 Å². The molecule has 1 heterocycles. The van der Waals surface area contributed by atoms with E-state index in [-0.39, 0.29) is 18.4 Å². The first-order valence-electron chi connectivity index (χ1n) is 9.96. The molecule has 7 rings (SSSR count). The number of rotatable bonds is 2. The minimum Gasteiger partial charge on any atom is -0.277 e. The third-order valence-corrected chi connectivity index (χ3v) is 8.14. The van der Waals surface area contributed by atoms with Gasteiger partial charge in [0.15, 0.2) is 0 Å². The summed E-state index contributed by atoms with van der Waals surface area (Å²) >= 11 is 14.8. The second-order valence-corrected chi connectivity index (χ2v) is 9.41. The molecule has 0 radical (unpaired) electrons. The first-order chi connectivity index (χ1) is 14.5. The van der Waals surface area contributed by atoms with E-state index in [1.54, 1.807) is 0 Å². The molecule has 4 aliphatic rings. The maximum Gasteiger partial charge on any atom is 0.235 e. The molecular weight excluding hydrogens is 417 g/mol. The van der Waals surface area contributed by atoms with Crippen LogP contribution in [0.1, 0.15) is 27.8 Å². The Hall–Kier alpha value is -2.62. The van der Waals surface area contributed by atoms with Gasteiger partial charge in [0, 0.05) is 0 Å². The van der Waals surface area contributed by atoms with Crippen molar-refractivity contribution < 1.29 is 9.59 Å². The molecule has 0 N–H and O–H groups in total. The number of halogens is 2. The number of alkyl halides is 2. The van der Waals surface area contributed by atoms with Crippen molar-refractivity contribution in [1.29, 1.82) is 0 Å². The average Bonchev–Trinajstić information content (AvgIpc) is 3.04. The van der Waals surface area contributed by atoms with Crippen LogP contribution in [0, 0.1) is 11.8 Å². The Kier molecular flexibility index (Phi) is 3.61. The van der Waals surface area contributed by atoms with Crippen LogP contribution in [0.5, 0.6) is 0 Å². The molecule has 1 saturated heterocycles. The molecule has 1 fully saturated rings. The van der Waals surface area contributed by atoms with Gasteiger partial charge in [-0.15, -0.1) is 23.2 Å². The van der Waals surface area contributed by atoms with Gasteiger partial charge in [0.1, 0.15) is 9.75 Å². The van der Waals surface area contributed by atoms with Gasteiger partial charge >= 0.3 is 0 Å². The Bertz CT molecular complexity index is 1100. The first kappa shape index (κ1) is 18.2. The number of carbonyl (C=O) groups excluding carboxylic acids is 2. The predicted molar refractivity (Wildman–Crippen MR) is 115 cm³/mol. The van der Waals surface area contributed by atoms with Gasteiger partial charge in [0.2, 0.25) is 11.8 Å². The maximum atomic E-state index is 13.7. The lowest BCUT2D eigenvalue weighted by atomic mass is 9.54. The van der Waals surface area contributed by atoms with Gasteiger partial charge < -0.3 is 0 Å². The van der Waals surface area contributed by atoms with Crippen LogP contribution < -0.4 is 0 Å². The number of carbonyl (C=O) groups is 2. The number of likely N-dealkylation sites (tertiary alicyclic amines) is 1. The molecule has 2 amide bonds. The molecule has 0 unspecified atom stereocenters. The first-order valence-corrected chi connectivity index (χ1v) is 10.7. The Morgan fingerprint density at radius 2 is 1.00 bits per heavy atom. The van der Waals surface area contributed by atoms with Gasteiger partial charge in [-0.1, -0.05) is 78.9 Å². The van der Waals surface area contributed by atoms with Crippen LogP contribution in [0.4, 0.5) is 0 Å². The average molecular weight is 434 g/mol. The van der Waals surface area contributed by atoms with Crippen LogP contribution in [-0.4, -0.2) is 16.7 Å². The van der Waals surface area contributed by atoms with E-state index in [1.807, 2.05) is 78.9 Å².